The first-order chi connectivity index (χ1) is 49.7. The Labute approximate surface area is 616 Å². The van der Waals surface area contributed by atoms with Gasteiger partial charge in [-0.15, -0.1) is 0 Å². The van der Waals surface area contributed by atoms with Gasteiger partial charge >= 0.3 is 39.5 Å². The van der Waals surface area contributed by atoms with Crippen molar-refractivity contribution in [3.8, 4) is 0 Å². The van der Waals surface area contributed by atoms with E-state index in [9.17, 15) is 43.2 Å². The molecule has 5 unspecified atom stereocenters. The van der Waals surface area contributed by atoms with Crippen LogP contribution in [0.2, 0.25) is 0 Å². The summed E-state index contributed by atoms with van der Waals surface area (Å²) in [5, 5.41) is 10.6. The number of carbonyl (C=O) groups excluding carboxylic acids is 4. The van der Waals surface area contributed by atoms with Gasteiger partial charge in [0.15, 0.2) is 12.2 Å². The Hall–Kier alpha value is -5.58. The van der Waals surface area contributed by atoms with Gasteiger partial charge in [0.2, 0.25) is 0 Å². The Morgan fingerprint density at radius 3 is 0.882 bits per heavy atom. The number of phosphoric ester groups is 2. The van der Waals surface area contributed by atoms with E-state index in [1.54, 1.807) is 12.2 Å². The number of allylic oxidation sites excluding steroid dienone is 27. The smallest absolute Gasteiger partial charge is 0.462 e. The highest BCUT2D eigenvalue weighted by Gasteiger charge is 2.30. The molecule has 3 N–H and O–H groups in total. The van der Waals surface area contributed by atoms with Gasteiger partial charge in [-0.3, -0.25) is 37.3 Å². The molecule has 19 heteroatoms. The molecule has 0 aromatic rings. The van der Waals surface area contributed by atoms with Crippen molar-refractivity contribution in [2.24, 2.45) is 0 Å². The highest BCUT2D eigenvalue weighted by Crippen LogP contribution is 2.45. The predicted molar refractivity (Wildman–Crippen MR) is 417 cm³/mol. The number of phosphoric acid groups is 2. The lowest BCUT2D eigenvalue weighted by Crippen LogP contribution is -2.30. The molecule has 578 valence electrons. The van der Waals surface area contributed by atoms with Crippen molar-refractivity contribution in [3.63, 3.8) is 0 Å². The summed E-state index contributed by atoms with van der Waals surface area (Å²) in [6.45, 7) is 4.32. The lowest BCUT2D eigenvalue weighted by atomic mass is 10.1. The SMILES string of the molecule is CC/C=C\C/C=C\C/C=C\C/C=C\C/C=C\CCCCCC(=O)OCC(COP(=O)(O)OCC(O)COP(=O)(O)OCC(COC(=O)CCCCCC/C=C\C/C=C\C/C=C\C/C=C\CC)OC(=O)CCCCCCCCCCCCC)OC(=O)C/C=C\C/C=C\C/C=C\C/C=C\C/C=C\CC. The van der Waals surface area contributed by atoms with Gasteiger partial charge in [-0.1, -0.05) is 281 Å². The third-order valence-electron chi connectivity index (χ3n) is 15.2. The van der Waals surface area contributed by atoms with Crippen LogP contribution < -0.4 is 0 Å². The van der Waals surface area contributed by atoms with E-state index in [-0.39, 0.29) is 25.7 Å². The van der Waals surface area contributed by atoms with Crippen molar-refractivity contribution in [2.75, 3.05) is 39.6 Å². The number of rotatable bonds is 70. The van der Waals surface area contributed by atoms with Crippen molar-refractivity contribution in [1.82, 2.24) is 0 Å². The second-order valence-corrected chi connectivity index (χ2v) is 27.7. The summed E-state index contributed by atoms with van der Waals surface area (Å²) in [5.41, 5.74) is 0. The van der Waals surface area contributed by atoms with E-state index in [0.29, 0.717) is 25.7 Å². The van der Waals surface area contributed by atoms with Gasteiger partial charge in [0, 0.05) is 19.3 Å². The van der Waals surface area contributed by atoms with Gasteiger partial charge in [0.25, 0.3) is 0 Å². The maximum atomic E-state index is 13.1. The van der Waals surface area contributed by atoms with Crippen LogP contribution in [0.4, 0.5) is 0 Å². The quantitative estimate of drug-likeness (QED) is 0.0169. The largest absolute Gasteiger partial charge is 0.472 e. The van der Waals surface area contributed by atoms with Crippen molar-refractivity contribution in [1.29, 1.82) is 0 Å². The predicted octanol–water partition coefficient (Wildman–Crippen LogP) is 22.2. The second kappa shape index (κ2) is 73.7. The minimum absolute atomic E-state index is 0.0830. The number of esters is 4. The van der Waals surface area contributed by atoms with E-state index >= 15 is 0 Å². The molecule has 0 bridgehead atoms. The molecule has 0 spiro atoms. The monoisotopic (exact) mass is 1460 g/mol. The van der Waals surface area contributed by atoms with E-state index in [4.69, 9.17) is 37.0 Å². The third-order valence-corrected chi connectivity index (χ3v) is 17.1. The molecule has 0 amide bonds. The fraction of sp³-hybridized carbons (Fsp3) is 0.614. The molecule has 0 radical (unpaired) electrons. The third kappa shape index (κ3) is 72.8. The number of aliphatic hydroxyl groups is 1. The Kier molecular flexibility index (Phi) is 69.7. The molecule has 102 heavy (non-hydrogen) atoms. The standard InChI is InChI=1S/C83H134O17P2/c1-5-9-13-17-21-25-29-32-35-37-38-40-43-45-49-52-56-60-64-68-81(86)94-74-79(100-83(88)70-66-62-58-54-50-46-41-34-31-27-23-19-15-11-7-3)76-98-102(91,92)96-72-77(84)71-95-101(89,90)97-75-78(99-82(87)69-65-61-57-53-47-28-24-20-16-12-8-4)73-93-80(85)67-63-59-55-51-48-44-42-39-36-33-30-26-22-18-14-10-6-2/h9-11,13-15,21-23,25-27,32-36,38,40-42,44-45,49-50,54,62,66,77-79,84H,5-8,12,16-20,24,28-31,37,39,43,46-48,51-53,55-61,63-65,67-76H2,1-4H3,(H,89,90)(H,91,92)/b13-9-,14-10-,15-11-,25-21-,26-22-,27-23-,35-32-,36-33-,40-38-,41-34-,44-42-,49-45-,54-50-,66-62-. The van der Waals surface area contributed by atoms with Crippen molar-refractivity contribution in [2.45, 2.75) is 290 Å². The van der Waals surface area contributed by atoms with E-state index in [0.717, 1.165) is 154 Å². The topological polar surface area (TPSA) is 237 Å². The minimum atomic E-state index is -5.02. The fourth-order valence-electron chi connectivity index (χ4n) is 9.49. The molecule has 0 aliphatic rings. The first kappa shape index (κ1) is 96.4. The molecule has 0 saturated carbocycles. The molecule has 0 saturated heterocycles. The summed E-state index contributed by atoms with van der Waals surface area (Å²) in [6, 6.07) is 0. The van der Waals surface area contributed by atoms with Gasteiger partial charge < -0.3 is 33.8 Å². The van der Waals surface area contributed by atoms with Crippen LogP contribution >= 0.6 is 15.6 Å². The summed E-state index contributed by atoms with van der Waals surface area (Å²) in [4.78, 5) is 72.8. The van der Waals surface area contributed by atoms with Gasteiger partial charge in [0.1, 0.15) is 19.3 Å². The Balaban J connectivity index is 5.46. The van der Waals surface area contributed by atoms with E-state index < -0.39 is 97.5 Å². The molecule has 17 nitrogen and oxygen atoms in total. The van der Waals surface area contributed by atoms with Gasteiger partial charge in [0.05, 0.1) is 32.8 Å². The zero-order valence-electron chi connectivity index (χ0n) is 63.0. The lowest BCUT2D eigenvalue weighted by molar-refractivity contribution is -0.161. The van der Waals surface area contributed by atoms with Crippen LogP contribution in [0.5, 0.6) is 0 Å². The zero-order valence-corrected chi connectivity index (χ0v) is 64.8. The fourth-order valence-corrected chi connectivity index (χ4v) is 11.1. The highest BCUT2D eigenvalue weighted by molar-refractivity contribution is 7.47. The van der Waals surface area contributed by atoms with Crippen LogP contribution in [-0.2, 0) is 65.4 Å². The number of hydrogen-bond donors (Lipinski definition) is 3. The lowest BCUT2D eigenvalue weighted by Gasteiger charge is -2.21. The highest BCUT2D eigenvalue weighted by atomic mass is 31.2. The minimum Gasteiger partial charge on any atom is -0.462 e. The first-order valence-corrected chi connectivity index (χ1v) is 41.4. The maximum absolute atomic E-state index is 13.1. The van der Waals surface area contributed by atoms with Gasteiger partial charge in [-0.25, -0.2) is 9.13 Å². The van der Waals surface area contributed by atoms with E-state index in [2.05, 4.69) is 174 Å². The molecule has 0 aromatic heterocycles. The molecule has 0 aliphatic carbocycles. The van der Waals surface area contributed by atoms with E-state index in [1.165, 1.54) is 38.5 Å². The zero-order chi connectivity index (χ0) is 74.6. The number of aliphatic hydroxyl groups excluding tert-OH is 1. The molecular weight excluding hydrogens is 1330 g/mol. The van der Waals surface area contributed by atoms with Gasteiger partial charge in [-0.05, 0) is 135 Å². The molecule has 5 atom stereocenters. The average molecular weight is 1470 g/mol. The number of carbonyl (C=O) groups is 4. The van der Waals surface area contributed by atoms with Crippen LogP contribution in [0.3, 0.4) is 0 Å². The molecule has 0 aliphatic heterocycles. The summed E-state index contributed by atoms with van der Waals surface area (Å²) in [6.07, 6.45) is 86.7. The normalized spacial score (nSPS) is 14.9. The van der Waals surface area contributed by atoms with Crippen molar-refractivity contribution in [3.05, 3.63) is 170 Å². The number of unbranched alkanes of at least 4 members (excludes halogenated alkanes) is 17. The van der Waals surface area contributed by atoms with E-state index in [1.807, 2.05) is 12.2 Å². The Morgan fingerprint density at radius 2 is 0.549 bits per heavy atom. The molecule has 0 fully saturated rings. The molecular formula is C83H134O17P2. The van der Waals surface area contributed by atoms with Crippen LogP contribution in [-0.4, -0.2) is 96.7 Å². The summed E-state index contributed by atoms with van der Waals surface area (Å²) in [5.74, 6) is -2.40. The Bertz CT molecular complexity index is 2600. The van der Waals surface area contributed by atoms with Crippen LogP contribution in [0, 0.1) is 0 Å². The maximum Gasteiger partial charge on any atom is 0.472 e. The van der Waals surface area contributed by atoms with Crippen molar-refractivity contribution >= 4 is 39.5 Å². The van der Waals surface area contributed by atoms with Crippen LogP contribution in [0.25, 0.3) is 0 Å². The molecule has 0 aromatic carbocycles. The van der Waals surface area contributed by atoms with Crippen LogP contribution in [0.1, 0.15) is 272 Å². The second-order valence-electron chi connectivity index (χ2n) is 24.8. The van der Waals surface area contributed by atoms with Crippen LogP contribution in [0.15, 0.2) is 170 Å². The number of ether oxygens (including phenoxy) is 4. The van der Waals surface area contributed by atoms with Crippen molar-refractivity contribution < 1.29 is 80.2 Å². The summed E-state index contributed by atoms with van der Waals surface area (Å²) in [7, 11) is -10.0. The summed E-state index contributed by atoms with van der Waals surface area (Å²) >= 11 is 0. The average Bonchev–Trinajstić information content (AvgIpc) is 0.939. The number of hydrogen-bond acceptors (Lipinski definition) is 15. The molecule has 0 rings (SSSR count). The van der Waals surface area contributed by atoms with Gasteiger partial charge in [-0.2, -0.15) is 0 Å². The summed E-state index contributed by atoms with van der Waals surface area (Å²) < 4.78 is 68.3. The molecule has 0 heterocycles. The Morgan fingerprint density at radius 1 is 0.294 bits per heavy atom. The first-order valence-electron chi connectivity index (χ1n) is 38.4.